The molecule has 120 valence electrons. The maximum Gasteiger partial charge on any atom is 0.224 e. The van der Waals surface area contributed by atoms with Crippen LogP contribution in [-0.4, -0.2) is 43.5 Å². The third-order valence-corrected chi connectivity index (χ3v) is 4.95. The van der Waals surface area contributed by atoms with Gasteiger partial charge in [-0.3, -0.25) is 9.69 Å². The van der Waals surface area contributed by atoms with Crippen LogP contribution in [-0.2, 0) is 11.3 Å². The van der Waals surface area contributed by atoms with Crippen LogP contribution in [0, 0.1) is 11.8 Å². The van der Waals surface area contributed by atoms with Gasteiger partial charge in [-0.1, -0.05) is 30.3 Å². The lowest BCUT2D eigenvalue weighted by molar-refractivity contribution is -0.124. The number of hydrogen-bond donors (Lipinski definition) is 2. The molecule has 2 fully saturated rings. The van der Waals surface area contributed by atoms with Gasteiger partial charge in [-0.05, 0) is 50.4 Å². The highest BCUT2D eigenvalue weighted by atomic mass is 16.1. The number of hydrogen-bond acceptors (Lipinski definition) is 3. The molecule has 4 nitrogen and oxygen atoms in total. The lowest BCUT2D eigenvalue weighted by atomic mass is 9.96. The third kappa shape index (κ3) is 4.31. The summed E-state index contributed by atoms with van der Waals surface area (Å²) in [4.78, 5) is 14.6. The van der Waals surface area contributed by atoms with Gasteiger partial charge in [0.2, 0.25) is 5.91 Å². The summed E-state index contributed by atoms with van der Waals surface area (Å²) in [5.74, 6) is 1.08. The Hall–Kier alpha value is -1.39. The van der Waals surface area contributed by atoms with Gasteiger partial charge in [0, 0.05) is 19.6 Å². The van der Waals surface area contributed by atoms with Gasteiger partial charge in [0.15, 0.2) is 0 Å². The minimum atomic E-state index is 0.193. The van der Waals surface area contributed by atoms with E-state index in [0.717, 1.165) is 45.7 Å². The van der Waals surface area contributed by atoms with Crippen LogP contribution in [0.15, 0.2) is 30.3 Å². The van der Waals surface area contributed by atoms with E-state index < -0.39 is 0 Å². The molecule has 1 unspecified atom stereocenters. The molecule has 1 aromatic rings. The van der Waals surface area contributed by atoms with E-state index in [4.69, 9.17) is 0 Å². The van der Waals surface area contributed by atoms with Crippen molar-refractivity contribution in [2.45, 2.75) is 25.8 Å². The SMILES string of the molecule is O=C(NCC1CCN(Cc2ccccc2)CC1)C1CCNC1. The number of nitrogens with zero attached hydrogens (tertiary/aromatic N) is 1. The van der Waals surface area contributed by atoms with Crippen molar-refractivity contribution in [3.05, 3.63) is 35.9 Å². The standard InChI is InChI=1S/C18H27N3O/c22-18(17-6-9-19-13-17)20-12-15-7-10-21(11-8-15)14-16-4-2-1-3-5-16/h1-5,15,17,19H,6-14H2,(H,20,22). The molecule has 0 aromatic heterocycles. The zero-order valence-corrected chi connectivity index (χ0v) is 13.3. The van der Waals surface area contributed by atoms with Crippen LogP contribution < -0.4 is 10.6 Å². The van der Waals surface area contributed by atoms with E-state index in [1.165, 1.54) is 18.4 Å². The highest BCUT2D eigenvalue weighted by molar-refractivity contribution is 5.79. The monoisotopic (exact) mass is 301 g/mol. The second-order valence-corrected chi connectivity index (χ2v) is 6.64. The van der Waals surface area contributed by atoms with Gasteiger partial charge >= 0.3 is 0 Å². The fourth-order valence-corrected chi connectivity index (χ4v) is 3.46. The van der Waals surface area contributed by atoms with Crippen LogP contribution in [0.25, 0.3) is 0 Å². The van der Waals surface area contributed by atoms with E-state index in [9.17, 15) is 4.79 Å². The summed E-state index contributed by atoms with van der Waals surface area (Å²) in [6.07, 6.45) is 3.37. The Morgan fingerprint density at radius 3 is 2.64 bits per heavy atom. The van der Waals surface area contributed by atoms with Crippen molar-refractivity contribution < 1.29 is 4.79 Å². The first-order chi connectivity index (χ1) is 10.8. The van der Waals surface area contributed by atoms with E-state index in [0.29, 0.717) is 5.92 Å². The fourth-order valence-electron chi connectivity index (χ4n) is 3.46. The number of carbonyl (C=O) groups is 1. The van der Waals surface area contributed by atoms with Gasteiger partial charge in [0.05, 0.1) is 5.92 Å². The quantitative estimate of drug-likeness (QED) is 0.869. The minimum absolute atomic E-state index is 0.193. The Bertz CT molecular complexity index is 462. The van der Waals surface area contributed by atoms with Crippen LogP contribution >= 0.6 is 0 Å². The molecule has 1 atom stereocenters. The summed E-state index contributed by atoms with van der Waals surface area (Å²) in [5, 5.41) is 6.41. The van der Waals surface area contributed by atoms with Crippen LogP contribution in [0.2, 0.25) is 0 Å². The number of nitrogens with one attached hydrogen (secondary N) is 2. The Balaban J connectivity index is 1.36. The number of carbonyl (C=O) groups excluding carboxylic acids is 1. The molecular weight excluding hydrogens is 274 g/mol. The third-order valence-electron chi connectivity index (χ3n) is 4.95. The highest BCUT2D eigenvalue weighted by Crippen LogP contribution is 2.18. The van der Waals surface area contributed by atoms with E-state index in [1.54, 1.807) is 0 Å². The molecule has 2 aliphatic rings. The van der Waals surface area contributed by atoms with Crippen LogP contribution in [0.1, 0.15) is 24.8 Å². The van der Waals surface area contributed by atoms with Crippen LogP contribution in [0.3, 0.4) is 0 Å². The number of benzene rings is 1. The first-order valence-electron chi connectivity index (χ1n) is 8.56. The van der Waals surface area contributed by atoms with E-state index in [2.05, 4.69) is 45.9 Å². The summed E-state index contributed by atoms with van der Waals surface area (Å²) >= 11 is 0. The molecule has 0 aliphatic carbocycles. The molecule has 1 amide bonds. The Morgan fingerprint density at radius 2 is 1.95 bits per heavy atom. The molecule has 0 radical (unpaired) electrons. The molecular formula is C18H27N3O. The average Bonchev–Trinajstić information content (AvgIpc) is 3.09. The highest BCUT2D eigenvalue weighted by Gasteiger charge is 2.24. The minimum Gasteiger partial charge on any atom is -0.356 e. The first kappa shape index (κ1) is 15.5. The van der Waals surface area contributed by atoms with Gasteiger partial charge < -0.3 is 10.6 Å². The lowest BCUT2D eigenvalue weighted by Gasteiger charge is -2.32. The molecule has 22 heavy (non-hydrogen) atoms. The molecule has 2 saturated heterocycles. The maximum atomic E-state index is 12.0. The van der Waals surface area contributed by atoms with Gasteiger partial charge in [-0.2, -0.15) is 0 Å². The van der Waals surface area contributed by atoms with Crippen molar-refractivity contribution >= 4 is 5.91 Å². The molecule has 0 bridgehead atoms. The van der Waals surface area contributed by atoms with Gasteiger partial charge in [0.25, 0.3) is 0 Å². The molecule has 2 heterocycles. The number of piperidine rings is 1. The second kappa shape index (κ2) is 7.75. The van der Waals surface area contributed by atoms with Crippen LogP contribution in [0.4, 0.5) is 0 Å². The predicted octanol–water partition coefficient (Wildman–Crippen LogP) is 1.62. The molecule has 4 heteroatoms. The maximum absolute atomic E-state index is 12.0. The number of amides is 1. The van der Waals surface area contributed by atoms with E-state index >= 15 is 0 Å². The van der Waals surface area contributed by atoms with E-state index in [-0.39, 0.29) is 11.8 Å². The molecule has 0 saturated carbocycles. The van der Waals surface area contributed by atoms with Gasteiger partial charge in [-0.25, -0.2) is 0 Å². The lowest BCUT2D eigenvalue weighted by Crippen LogP contribution is -2.40. The van der Waals surface area contributed by atoms with Crippen LogP contribution in [0.5, 0.6) is 0 Å². The molecule has 2 aliphatic heterocycles. The number of likely N-dealkylation sites (tertiary alicyclic amines) is 1. The zero-order valence-electron chi connectivity index (χ0n) is 13.3. The van der Waals surface area contributed by atoms with Crippen molar-refractivity contribution in [3.8, 4) is 0 Å². The summed E-state index contributed by atoms with van der Waals surface area (Å²) in [5.41, 5.74) is 1.39. The normalized spacial score (nSPS) is 23.5. The Kier molecular flexibility index (Phi) is 5.46. The summed E-state index contributed by atoms with van der Waals surface area (Å²) < 4.78 is 0. The summed E-state index contributed by atoms with van der Waals surface area (Å²) in [6, 6.07) is 10.7. The van der Waals surface area contributed by atoms with Crippen molar-refractivity contribution in [2.75, 3.05) is 32.7 Å². The first-order valence-corrected chi connectivity index (χ1v) is 8.56. The smallest absolute Gasteiger partial charge is 0.224 e. The van der Waals surface area contributed by atoms with Crippen molar-refractivity contribution in [3.63, 3.8) is 0 Å². The zero-order chi connectivity index (χ0) is 15.2. The van der Waals surface area contributed by atoms with Crippen molar-refractivity contribution in [1.82, 2.24) is 15.5 Å². The molecule has 0 spiro atoms. The van der Waals surface area contributed by atoms with Gasteiger partial charge in [-0.15, -0.1) is 0 Å². The summed E-state index contributed by atoms with van der Waals surface area (Å²) in [7, 11) is 0. The fraction of sp³-hybridized carbons (Fsp3) is 0.611. The van der Waals surface area contributed by atoms with Crippen molar-refractivity contribution in [2.24, 2.45) is 11.8 Å². The molecule has 2 N–H and O–H groups in total. The second-order valence-electron chi connectivity index (χ2n) is 6.64. The summed E-state index contributed by atoms with van der Waals surface area (Å²) in [6.45, 7) is 6.01. The van der Waals surface area contributed by atoms with Crippen molar-refractivity contribution in [1.29, 1.82) is 0 Å². The predicted molar refractivity (Wildman–Crippen MR) is 88.4 cm³/mol. The Morgan fingerprint density at radius 1 is 1.18 bits per heavy atom. The molecule has 1 aromatic carbocycles. The largest absolute Gasteiger partial charge is 0.356 e. The van der Waals surface area contributed by atoms with Gasteiger partial charge in [0.1, 0.15) is 0 Å². The Labute approximate surface area is 133 Å². The van der Waals surface area contributed by atoms with E-state index in [1.807, 2.05) is 0 Å². The average molecular weight is 301 g/mol. The number of rotatable bonds is 5. The molecule has 3 rings (SSSR count). The topological polar surface area (TPSA) is 44.4 Å².